The number of hydrogen-bond acceptors (Lipinski definition) is 9. The van der Waals surface area contributed by atoms with Crippen LogP contribution < -0.4 is 0 Å². The van der Waals surface area contributed by atoms with Crippen molar-refractivity contribution < 1.29 is 42.9 Å². The van der Waals surface area contributed by atoms with Crippen LogP contribution in [-0.4, -0.2) is 54.1 Å². The predicted octanol–water partition coefficient (Wildman–Crippen LogP) is 2.37. The quantitative estimate of drug-likeness (QED) is 0.444. The van der Waals surface area contributed by atoms with E-state index in [1.165, 1.54) is 20.8 Å². The van der Waals surface area contributed by atoms with E-state index in [1.54, 1.807) is 0 Å². The van der Waals surface area contributed by atoms with Crippen LogP contribution in [0.4, 0.5) is 0 Å². The van der Waals surface area contributed by atoms with E-state index >= 15 is 0 Å². The van der Waals surface area contributed by atoms with E-state index in [0.717, 1.165) is 0 Å². The normalized spacial score (nSPS) is 45.2. The first-order valence-electron chi connectivity index (χ1n) is 12.1. The number of ketones is 1. The standard InChI is InChI=1S/C25H34O9/c1-11-15-9-19-24(5)16(10-20(30)34-19)17(29)7-8-18(24)25(15,6)23(33-14(4)28)22(32-13(3)27)21(11)31-12(2)26/h11,15-16,18-19,21-23H,7-10H2,1-6H3. The molecule has 3 saturated carbocycles. The van der Waals surface area contributed by atoms with Crippen LogP contribution in [0.2, 0.25) is 0 Å². The molecule has 4 rings (SSSR count). The first-order chi connectivity index (χ1) is 15.8. The van der Waals surface area contributed by atoms with Crippen LogP contribution >= 0.6 is 0 Å². The molecule has 0 aromatic carbocycles. The Morgan fingerprint density at radius 3 is 2.09 bits per heavy atom. The Labute approximate surface area is 199 Å². The van der Waals surface area contributed by atoms with Gasteiger partial charge in [0.05, 0.1) is 6.42 Å². The van der Waals surface area contributed by atoms with Crippen LogP contribution in [0.15, 0.2) is 0 Å². The molecule has 10 unspecified atom stereocenters. The molecule has 0 aromatic heterocycles. The second kappa shape index (κ2) is 8.34. The third-order valence-electron chi connectivity index (χ3n) is 9.21. The van der Waals surface area contributed by atoms with Gasteiger partial charge in [0, 0.05) is 49.9 Å². The molecule has 3 aliphatic carbocycles. The smallest absolute Gasteiger partial charge is 0.306 e. The summed E-state index contributed by atoms with van der Waals surface area (Å²) in [4.78, 5) is 61.9. The Kier molecular flexibility index (Phi) is 6.05. The summed E-state index contributed by atoms with van der Waals surface area (Å²) in [6.07, 6.45) is -1.87. The minimum Gasteiger partial charge on any atom is -0.462 e. The van der Waals surface area contributed by atoms with Crippen molar-refractivity contribution in [1.82, 2.24) is 0 Å². The van der Waals surface area contributed by atoms with Crippen LogP contribution in [0, 0.1) is 34.5 Å². The van der Waals surface area contributed by atoms with Gasteiger partial charge in [-0.2, -0.15) is 0 Å². The first kappa shape index (κ1) is 24.7. The van der Waals surface area contributed by atoms with Gasteiger partial charge < -0.3 is 18.9 Å². The zero-order valence-corrected chi connectivity index (χ0v) is 20.6. The number of hydrogen-bond donors (Lipinski definition) is 0. The molecule has 1 heterocycles. The van der Waals surface area contributed by atoms with E-state index in [-0.39, 0.29) is 35.9 Å². The molecule has 34 heavy (non-hydrogen) atoms. The molecule has 1 aliphatic heterocycles. The van der Waals surface area contributed by atoms with Crippen LogP contribution in [0.5, 0.6) is 0 Å². The number of esters is 4. The number of fused-ring (bicyclic) bond motifs is 2. The van der Waals surface area contributed by atoms with Gasteiger partial charge in [-0.1, -0.05) is 20.8 Å². The minimum atomic E-state index is -0.996. The lowest BCUT2D eigenvalue weighted by Crippen LogP contribution is -2.73. The van der Waals surface area contributed by atoms with Crippen LogP contribution in [0.1, 0.15) is 67.2 Å². The molecule has 9 heteroatoms. The molecule has 10 atom stereocenters. The number of carbonyl (C=O) groups excluding carboxylic acids is 5. The second-order valence-corrected chi connectivity index (χ2v) is 10.9. The van der Waals surface area contributed by atoms with Gasteiger partial charge in [0.2, 0.25) is 0 Å². The molecular weight excluding hydrogens is 444 g/mol. The summed E-state index contributed by atoms with van der Waals surface area (Å²) in [5, 5.41) is 0. The van der Waals surface area contributed by atoms with Gasteiger partial charge in [0.25, 0.3) is 0 Å². The number of ether oxygens (including phenoxy) is 4. The number of carbonyl (C=O) groups is 5. The Bertz CT molecular complexity index is 927. The molecule has 0 spiro atoms. The molecule has 0 N–H and O–H groups in total. The molecule has 4 aliphatic rings. The fourth-order valence-electron chi connectivity index (χ4n) is 7.97. The molecule has 4 fully saturated rings. The van der Waals surface area contributed by atoms with Crippen molar-refractivity contribution in [2.24, 2.45) is 34.5 Å². The van der Waals surface area contributed by atoms with Crippen molar-refractivity contribution in [3.63, 3.8) is 0 Å². The van der Waals surface area contributed by atoms with Crippen LogP contribution in [0.25, 0.3) is 0 Å². The zero-order valence-electron chi connectivity index (χ0n) is 20.6. The molecule has 0 bridgehead atoms. The van der Waals surface area contributed by atoms with E-state index in [2.05, 4.69) is 0 Å². The maximum absolute atomic E-state index is 13.0. The highest BCUT2D eigenvalue weighted by atomic mass is 16.6. The average Bonchev–Trinajstić information content (AvgIpc) is 2.71. The number of rotatable bonds is 3. The van der Waals surface area contributed by atoms with E-state index in [1.807, 2.05) is 20.8 Å². The summed E-state index contributed by atoms with van der Waals surface area (Å²) >= 11 is 0. The van der Waals surface area contributed by atoms with Gasteiger partial charge in [-0.15, -0.1) is 0 Å². The lowest BCUT2D eigenvalue weighted by Gasteiger charge is -2.68. The van der Waals surface area contributed by atoms with Gasteiger partial charge in [0.1, 0.15) is 24.1 Å². The van der Waals surface area contributed by atoms with Gasteiger partial charge in [0.15, 0.2) is 6.10 Å². The monoisotopic (exact) mass is 478 g/mol. The summed E-state index contributed by atoms with van der Waals surface area (Å²) in [6.45, 7) is 9.80. The summed E-state index contributed by atoms with van der Waals surface area (Å²) in [6, 6.07) is 0. The van der Waals surface area contributed by atoms with E-state index in [0.29, 0.717) is 19.3 Å². The first-order valence-corrected chi connectivity index (χ1v) is 12.1. The highest BCUT2D eigenvalue weighted by molar-refractivity contribution is 5.88. The van der Waals surface area contributed by atoms with Crippen molar-refractivity contribution in [2.45, 2.75) is 91.6 Å². The lowest BCUT2D eigenvalue weighted by atomic mass is 9.38. The second-order valence-electron chi connectivity index (χ2n) is 10.9. The Morgan fingerprint density at radius 1 is 0.912 bits per heavy atom. The van der Waals surface area contributed by atoms with Crippen molar-refractivity contribution >= 4 is 29.7 Å². The Morgan fingerprint density at radius 2 is 1.50 bits per heavy atom. The lowest BCUT2D eigenvalue weighted by molar-refractivity contribution is -0.289. The summed E-state index contributed by atoms with van der Waals surface area (Å²) in [5.74, 6) is -3.05. The minimum absolute atomic E-state index is 0.0420. The average molecular weight is 479 g/mol. The summed E-state index contributed by atoms with van der Waals surface area (Å²) < 4.78 is 23.1. The molecule has 188 valence electrons. The van der Waals surface area contributed by atoms with E-state index in [4.69, 9.17) is 18.9 Å². The van der Waals surface area contributed by atoms with Gasteiger partial charge in [-0.3, -0.25) is 24.0 Å². The van der Waals surface area contributed by atoms with Crippen molar-refractivity contribution in [1.29, 1.82) is 0 Å². The summed E-state index contributed by atoms with van der Waals surface area (Å²) in [5.41, 5.74) is -1.35. The number of Topliss-reactive ketones (excluding diaryl/α,β-unsaturated/α-hetero) is 1. The Hall–Kier alpha value is -2.45. The van der Waals surface area contributed by atoms with E-state index in [9.17, 15) is 24.0 Å². The molecular formula is C25H34O9. The molecule has 0 amide bonds. The van der Waals surface area contributed by atoms with Crippen molar-refractivity contribution in [2.75, 3.05) is 0 Å². The largest absolute Gasteiger partial charge is 0.462 e. The third kappa shape index (κ3) is 3.53. The fourth-order valence-corrected chi connectivity index (χ4v) is 7.97. The predicted molar refractivity (Wildman–Crippen MR) is 116 cm³/mol. The van der Waals surface area contributed by atoms with Gasteiger partial charge in [-0.25, -0.2) is 0 Å². The molecule has 1 saturated heterocycles. The SMILES string of the molecule is CC(=O)OC1C(C)C2CC3OC(=O)CC4C(=O)CCC(C34C)C2(C)C(OC(C)=O)C1OC(C)=O. The van der Waals surface area contributed by atoms with Crippen molar-refractivity contribution in [3.8, 4) is 0 Å². The fraction of sp³-hybridized carbons (Fsp3) is 0.800. The van der Waals surface area contributed by atoms with Crippen LogP contribution in [-0.2, 0) is 42.9 Å². The van der Waals surface area contributed by atoms with Gasteiger partial charge in [-0.05, 0) is 24.7 Å². The van der Waals surface area contributed by atoms with Gasteiger partial charge >= 0.3 is 23.9 Å². The molecule has 0 radical (unpaired) electrons. The highest BCUT2D eigenvalue weighted by Gasteiger charge is 2.73. The topological polar surface area (TPSA) is 122 Å². The summed E-state index contributed by atoms with van der Waals surface area (Å²) in [7, 11) is 0. The third-order valence-corrected chi connectivity index (χ3v) is 9.21. The van der Waals surface area contributed by atoms with Crippen LogP contribution in [0.3, 0.4) is 0 Å². The zero-order chi connectivity index (χ0) is 25.2. The Balaban J connectivity index is 1.89. The molecule has 0 aromatic rings. The maximum atomic E-state index is 13.0. The maximum Gasteiger partial charge on any atom is 0.306 e. The highest BCUT2D eigenvalue weighted by Crippen LogP contribution is 2.68. The molecule has 9 nitrogen and oxygen atoms in total. The van der Waals surface area contributed by atoms with E-state index < -0.39 is 59.1 Å². The van der Waals surface area contributed by atoms with Crippen molar-refractivity contribution in [3.05, 3.63) is 0 Å².